The van der Waals surface area contributed by atoms with Crippen LogP contribution in [-0.2, 0) is 13.0 Å². The number of aromatic nitrogens is 3. The summed E-state index contributed by atoms with van der Waals surface area (Å²) in [6, 6.07) is 10.5. The molecule has 0 spiro atoms. The second-order valence-corrected chi connectivity index (χ2v) is 7.08. The molecule has 30 heavy (non-hydrogen) atoms. The highest BCUT2D eigenvalue weighted by Crippen LogP contribution is 2.28. The molecular weight excluding hydrogens is 384 g/mol. The molecule has 0 aliphatic carbocycles. The van der Waals surface area contributed by atoms with Gasteiger partial charge in [0.2, 0.25) is 0 Å². The van der Waals surface area contributed by atoms with E-state index >= 15 is 0 Å². The number of rotatable bonds is 6. The maximum absolute atomic E-state index is 12.8. The molecule has 1 aromatic carbocycles. The van der Waals surface area contributed by atoms with E-state index in [-0.39, 0.29) is 11.8 Å². The zero-order chi connectivity index (χ0) is 20.9. The number of carbonyl (C=O) groups is 2. The van der Waals surface area contributed by atoms with Crippen LogP contribution in [-0.4, -0.2) is 40.3 Å². The first-order valence-electron chi connectivity index (χ1n) is 9.74. The van der Waals surface area contributed by atoms with Crippen LogP contribution < -0.4 is 14.8 Å². The lowest BCUT2D eigenvalue weighted by Crippen LogP contribution is -2.33. The lowest BCUT2D eigenvalue weighted by molar-refractivity contribution is 0.0727. The number of fused-ring (bicyclic) bond motifs is 1. The van der Waals surface area contributed by atoms with Crippen molar-refractivity contribution in [1.82, 2.24) is 20.1 Å². The lowest BCUT2D eigenvalue weighted by atomic mass is 9.94. The number of hydrogen-bond donors (Lipinski definition) is 1. The van der Waals surface area contributed by atoms with Crippen molar-refractivity contribution in [3.8, 4) is 11.5 Å². The third kappa shape index (κ3) is 4.17. The molecule has 0 bridgehead atoms. The molecule has 0 unspecified atom stereocenters. The SMILES string of the molecule is COc1ccccc1OC(=O)c1cnn2c1C[C@H](CNC(=O)c1cccnc1)CC2. The van der Waals surface area contributed by atoms with Crippen molar-refractivity contribution in [2.24, 2.45) is 5.92 Å². The lowest BCUT2D eigenvalue weighted by Gasteiger charge is -2.24. The van der Waals surface area contributed by atoms with Crippen LogP contribution in [0, 0.1) is 5.92 Å². The normalized spacial score (nSPS) is 15.2. The maximum Gasteiger partial charge on any atom is 0.347 e. The van der Waals surface area contributed by atoms with E-state index in [9.17, 15) is 9.59 Å². The molecule has 0 radical (unpaired) electrons. The minimum atomic E-state index is -0.471. The zero-order valence-corrected chi connectivity index (χ0v) is 16.6. The number of hydrogen-bond acceptors (Lipinski definition) is 6. The van der Waals surface area contributed by atoms with E-state index in [1.807, 2.05) is 10.7 Å². The van der Waals surface area contributed by atoms with E-state index in [2.05, 4.69) is 15.4 Å². The summed E-state index contributed by atoms with van der Waals surface area (Å²) in [5, 5.41) is 7.28. The Labute approximate surface area is 173 Å². The molecule has 1 aliphatic rings. The molecule has 1 amide bonds. The molecule has 0 saturated carbocycles. The van der Waals surface area contributed by atoms with Gasteiger partial charge in [-0.05, 0) is 43.0 Å². The monoisotopic (exact) mass is 406 g/mol. The minimum absolute atomic E-state index is 0.155. The van der Waals surface area contributed by atoms with Crippen LogP contribution in [0.4, 0.5) is 0 Å². The van der Waals surface area contributed by atoms with Crippen LogP contribution in [0.25, 0.3) is 0 Å². The molecular formula is C22H22N4O4. The number of carbonyl (C=O) groups excluding carboxylic acids is 2. The van der Waals surface area contributed by atoms with E-state index in [1.54, 1.807) is 42.7 Å². The van der Waals surface area contributed by atoms with Gasteiger partial charge < -0.3 is 14.8 Å². The number of nitrogens with zero attached hydrogens (tertiary/aromatic N) is 3. The van der Waals surface area contributed by atoms with Crippen molar-refractivity contribution >= 4 is 11.9 Å². The molecule has 0 fully saturated rings. The second-order valence-electron chi connectivity index (χ2n) is 7.08. The van der Waals surface area contributed by atoms with Crippen LogP contribution in [0.15, 0.2) is 55.0 Å². The molecule has 8 nitrogen and oxygen atoms in total. The van der Waals surface area contributed by atoms with E-state index in [0.717, 1.165) is 12.1 Å². The number of aryl methyl sites for hydroxylation is 1. The van der Waals surface area contributed by atoms with Crippen LogP contribution in [0.1, 0.15) is 32.8 Å². The van der Waals surface area contributed by atoms with E-state index in [1.165, 1.54) is 13.3 Å². The van der Waals surface area contributed by atoms with Gasteiger partial charge in [-0.15, -0.1) is 0 Å². The summed E-state index contributed by atoms with van der Waals surface area (Å²) in [7, 11) is 1.53. The summed E-state index contributed by atoms with van der Waals surface area (Å²) < 4.78 is 12.6. The summed E-state index contributed by atoms with van der Waals surface area (Å²) in [5.41, 5.74) is 1.78. The van der Waals surface area contributed by atoms with Gasteiger partial charge in [-0.3, -0.25) is 14.5 Å². The molecule has 8 heteroatoms. The maximum atomic E-state index is 12.8. The highest BCUT2D eigenvalue weighted by Gasteiger charge is 2.27. The first-order chi connectivity index (χ1) is 14.7. The van der Waals surface area contributed by atoms with Crippen LogP contribution in [0.2, 0.25) is 0 Å². The average molecular weight is 406 g/mol. The highest BCUT2D eigenvalue weighted by atomic mass is 16.6. The molecule has 2 aromatic heterocycles. The third-order valence-corrected chi connectivity index (χ3v) is 5.15. The fraction of sp³-hybridized carbons (Fsp3) is 0.273. The van der Waals surface area contributed by atoms with Gasteiger partial charge in [0.25, 0.3) is 5.91 Å². The van der Waals surface area contributed by atoms with E-state index in [0.29, 0.717) is 42.1 Å². The molecule has 4 rings (SSSR count). The van der Waals surface area contributed by atoms with Crippen molar-refractivity contribution in [1.29, 1.82) is 0 Å². The Bertz CT molecular complexity index is 1050. The van der Waals surface area contributed by atoms with Gasteiger partial charge in [0, 0.05) is 25.5 Å². The van der Waals surface area contributed by atoms with Gasteiger partial charge in [-0.1, -0.05) is 12.1 Å². The summed E-state index contributed by atoms with van der Waals surface area (Å²) in [4.78, 5) is 29.0. The van der Waals surface area contributed by atoms with Gasteiger partial charge in [0.1, 0.15) is 5.56 Å². The average Bonchev–Trinajstić information content (AvgIpc) is 3.22. The quantitative estimate of drug-likeness (QED) is 0.499. The van der Waals surface area contributed by atoms with Gasteiger partial charge in [-0.25, -0.2) is 4.79 Å². The zero-order valence-electron chi connectivity index (χ0n) is 16.6. The Hall–Kier alpha value is -3.68. The van der Waals surface area contributed by atoms with E-state index < -0.39 is 5.97 Å². The van der Waals surface area contributed by atoms with Crippen LogP contribution in [0.3, 0.4) is 0 Å². The third-order valence-electron chi connectivity index (χ3n) is 5.15. The molecule has 1 atom stereocenters. The molecule has 154 valence electrons. The van der Waals surface area contributed by atoms with Crippen molar-refractivity contribution in [2.75, 3.05) is 13.7 Å². The van der Waals surface area contributed by atoms with Crippen molar-refractivity contribution in [3.05, 3.63) is 71.8 Å². The number of amides is 1. The Morgan fingerprint density at radius 1 is 1.17 bits per heavy atom. The van der Waals surface area contributed by atoms with Crippen LogP contribution >= 0.6 is 0 Å². The summed E-state index contributed by atoms with van der Waals surface area (Å²) >= 11 is 0. The molecule has 1 aliphatic heterocycles. The standard InChI is InChI=1S/C22H22N4O4/c1-29-19-6-2-3-7-20(19)30-22(28)17-14-25-26-10-8-15(11-18(17)26)12-24-21(27)16-5-4-9-23-13-16/h2-7,9,13-15H,8,10-12H2,1H3,(H,24,27)/t15-/m1/s1. The number of nitrogens with one attached hydrogen (secondary N) is 1. The fourth-order valence-electron chi connectivity index (χ4n) is 3.54. The highest BCUT2D eigenvalue weighted by molar-refractivity contribution is 5.94. The van der Waals surface area contributed by atoms with Crippen molar-refractivity contribution in [2.45, 2.75) is 19.4 Å². The van der Waals surface area contributed by atoms with Gasteiger partial charge in [0.15, 0.2) is 11.5 Å². The minimum Gasteiger partial charge on any atom is -0.493 e. The number of pyridine rings is 1. The van der Waals surface area contributed by atoms with Crippen LogP contribution in [0.5, 0.6) is 11.5 Å². The summed E-state index contributed by atoms with van der Waals surface area (Å²) in [6.45, 7) is 1.20. The number of methoxy groups -OCH3 is 1. The molecule has 3 heterocycles. The Kier molecular flexibility index (Phi) is 5.74. The Morgan fingerprint density at radius 3 is 2.77 bits per heavy atom. The molecule has 0 saturated heterocycles. The predicted octanol–water partition coefficient (Wildman–Crippen LogP) is 2.50. The Morgan fingerprint density at radius 2 is 2.00 bits per heavy atom. The summed E-state index contributed by atoms with van der Waals surface area (Å²) in [5.74, 6) is 0.426. The number of ether oxygens (including phenoxy) is 2. The second kappa shape index (κ2) is 8.77. The van der Waals surface area contributed by atoms with Gasteiger partial charge in [0.05, 0.1) is 24.6 Å². The number of benzene rings is 1. The largest absolute Gasteiger partial charge is 0.493 e. The number of para-hydroxylation sites is 2. The molecule has 3 aromatic rings. The smallest absolute Gasteiger partial charge is 0.347 e. The fourth-order valence-corrected chi connectivity index (χ4v) is 3.54. The van der Waals surface area contributed by atoms with Crippen molar-refractivity contribution < 1.29 is 19.1 Å². The van der Waals surface area contributed by atoms with E-state index in [4.69, 9.17) is 9.47 Å². The molecule has 1 N–H and O–H groups in total. The first kappa shape index (κ1) is 19.6. The van der Waals surface area contributed by atoms with Crippen molar-refractivity contribution in [3.63, 3.8) is 0 Å². The van der Waals surface area contributed by atoms with Gasteiger partial charge in [-0.2, -0.15) is 5.10 Å². The topological polar surface area (TPSA) is 95.3 Å². The van der Waals surface area contributed by atoms with Gasteiger partial charge >= 0.3 is 5.97 Å². The predicted molar refractivity (Wildman–Crippen MR) is 109 cm³/mol. The summed E-state index contributed by atoms with van der Waals surface area (Å²) in [6.07, 6.45) is 6.21. The number of esters is 1. The first-order valence-corrected chi connectivity index (χ1v) is 9.74. The Balaban J connectivity index is 1.42.